The van der Waals surface area contributed by atoms with Crippen molar-refractivity contribution in [2.75, 3.05) is 14.2 Å². The van der Waals surface area contributed by atoms with Crippen molar-refractivity contribution in [3.8, 4) is 22.8 Å². The summed E-state index contributed by atoms with van der Waals surface area (Å²) in [5.74, 6) is 1.59. The molecule has 0 bridgehead atoms. The highest BCUT2D eigenvalue weighted by atomic mass is 16.5. The summed E-state index contributed by atoms with van der Waals surface area (Å²) < 4.78 is 12.7. The Kier molecular flexibility index (Phi) is 3.34. The fraction of sp³-hybridized carbons (Fsp3) is 0.250. The highest BCUT2D eigenvalue weighted by Gasteiger charge is 2.23. The third-order valence-electron chi connectivity index (χ3n) is 4.89. The summed E-state index contributed by atoms with van der Waals surface area (Å²) in [5.41, 5.74) is 4.43. The van der Waals surface area contributed by atoms with Crippen LogP contribution in [0.25, 0.3) is 22.0 Å². The Morgan fingerprint density at radius 1 is 1.08 bits per heavy atom. The Hall–Kier alpha value is -2.75. The number of methoxy groups -OCH3 is 2. The van der Waals surface area contributed by atoms with Gasteiger partial charge in [0.2, 0.25) is 0 Å². The van der Waals surface area contributed by atoms with Gasteiger partial charge < -0.3 is 14.0 Å². The van der Waals surface area contributed by atoms with Gasteiger partial charge in [-0.1, -0.05) is 6.07 Å². The first kappa shape index (κ1) is 14.8. The number of nitrogens with zero attached hydrogens (tertiary/aromatic N) is 1. The predicted octanol–water partition coefficient (Wildman–Crippen LogP) is 3.55. The van der Waals surface area contributed by atoms with Crippen LogP contribution in [0.2, 0.25) is 0 Å². The summed E-state index contributed by atoms with van der Waals surface area (Å²) in [6.45, 7) is 2.75. The molecule has 4 rings (SSSR count). The molecule has 1 aliphatic heterocycles. The normalized spacial score (nSPS) is 12.6. The van der Waals surface area contributed by atoms with Gasteiger partial charge in [0.05, 0.1) is 25.3 Å². The largest absolute Gasteiger partial charge is 0.497 e. The van der Waals surface area contributed by atoms with Gasteiger partial charge in [0, 0.05) is 17.5 Å². The molecule has 2 aromatic carbocycles. The topological polar surface area (TPSA) is 40.5 Å². The molecule has 0 spiro atoms. The standard InChI is InChI=1S/C20H19NO3/c1-12-18-16(5-4-6-17(18)24-3)20(22)21-10-9-13-11-14(23-2)7-8-15(13)19(12)21/h4-8,11H,9-10H2,1-3H3. The average Bonchev–Trinajstić information content (AvgIpc) is 2.64. The lowest BCUT2D eigenvalue weighted by atomic mass is 9.92. The molecule has 0 saturated carbocycles. The lowest BCUT2D eigenvalue weighted by Crippen LogP contribution is -2.27. The van der Waals surface area contributed by atoms with Crippen molar-refractivity contribution >= 4 is 10.8 Å². The van der Waals surface area contributed by atoms with Crippen LogP contribution in [0.4, 0.5) is 0 Å². The van der Waals surface area contributed by atoms with E-state index in [-0.39, 0.29) is 5.56 Å². The van der Waals surface area contributed by atoms with Gasteiger partial charge in [-0.25, -0.2) is 0 Å². The highest BCUT2D eigenvalue weighted by Crippen LogP contribution is 2.38. The van der Waals surface area contributed by atoms with Crippen LogP contribution in [0.15, 0.2) is 41.2 Å². The molecule has 0 radical (unpaired) electrons. The Bertz CT molecular complexity index is 1020. The van der Waals surface area contributed by atoms with Crippen LogP contribution in [-0.4, -0.2) is 18.8 Å². The smallest absolute Gasteiger partial charge is 0.259 e. The molecule has 0 aliphatic carbocycles. The number of aryl methyl sites for hydroxylation is 2. The minimum atomic E-state index is 0.0472. The summed E-state index contributed by atoms with van der Waals surface area (Å²) in [5, 5.41) is 1.62. The maximum Gasteiger partial charge on any atom is 0.259 e. The van der Waals surface area contributed by atoms with Gasteiger partial charge in [-0.15, -0.1) is 0 Å². The van der Waals surface area contributed by atoms with Crippen molar-refractivity contribution in [1.29, 1.82) is 0 Å². The maximum atomic E-state index is 13.0. The van der Waals surface area contributed by atoms with Crippen molar-refractivity contribution in [3.05, 3.63) is 57.9 Å². The van der Waals surface area contributed by atoms with Crippen LogP contribution in [0, 0.1) is 6.92 Å². The molecular formula is C20H19NO3. The van der Waals surface area contributed by atoms with Crippen LogP contribution in [0.1, 0.15) is 11.1 Å². The zero-order chi connectivity index (χ0) is 16.8. The van der Waals surface area contributed by atoms with Gasteiger partial charge >= 0.3 is 0 Å². The number of ether oxygens (including phenoxy) is 2. The summed E-state index contributed by atoms with van der Waals surface area (Å²) in [6.07, 6.45) is 0.828. The number of aromatic nitrogens is 1. The Morgan fingerprint density at radius 2 is 1.92 bits per heavy atom. The Balaban J connectivity index is 2.12. The number of rotatable bonds is 2. The SMILES string of the molecule is COc1ccc2c(c1)CCn1c-2c(C)c2c(OC)cccc2c1=O. The molecule has 0 unspecified atom stereocenters. The molecule has 122 valence electrons. The lowest BCUT2D eigenvalue weighted by molar-refractivity contribution is 0.414. The van der Waals surface area contributed by atoms with E-state index in [4.69, 9.17) is 9.47 Å². The Morgan fingerprint density at radius 3 is 2.67 bits per heavy atom. The van der Waals surface area contributed by atoms with Crippen LogP contribution in [-0.2, 0) is 13.0 Å². The van der Waals surface area contributed by atoms with E-state index < -0.39 is 0 Å². The monoisotopic (exact) mass is 321 g/mol. The van der Waals surface area contributed by atoms with Crippen molar-refractivity contribution in [2.45, 2.75) is 19.9 Å². The van der Waals surface area contributed by atoms with Crippen molar-refractivity contribution in [1.82, 2.24) is 4.57 Å². The fourth-order valence-corrected chi connectivity index (χ4v) is 3.76. The minimum Gasteiger partial charge on any atom is -0.497 e. The Labute approximate surface area is 140 Å². The third-order valence-corrected chi connectivity index (χ3v) is 4.89. The number of pyridine rings is 1. The quantitative estimate of drug-likeness (QED) is 0.725. The van der Waals surface area contributed by atoms with Crippen molar-refractivity contribution in [2.24, 2.45) is 0 Å². The summed E-state index contributed by atoms with van der Waals surface area (Å²) in [4.78, 5) is 13.0. The molecule has 0 fully saturated rings. The number of hydrogen-bond acceptors (Lipinski definition) is 3. The summed E-state index contributed by atoms with van der Waals surface area (Å²) in [7, 11) is 3.32. The van der Waals surface area contributed by atoms with E-state index in [1.165, 1.54) is 5.56 Å². The molecule has 3 aromatic rings. The molecule has 4 nitrogen and oxygen atoms in total. The van der Waals surface area contributed by atoms with Crippen LogP contribution in [0.3, 0.4) is 0 Å². The van der Waals surface area contributed by atoms with Gasteiger partial charge in [-0.3, -0.25) is 4.79 Å². The molecule has 1 aromatic heterocycles. The van der Waals surface area contributed by atoms with E-state index in [1.807, 2.05) is 34.9 Å². The first-order valence-corrected chi connectivity index (χ1v) is 8.03. The molecule has 1 aliphatic rings. The van der Waals surface area contributed by atoms with Crippen LogP contribution >= 0.6 is 0 Å². The molecule has 0 saturated heterocycles. The molecule has 0 amide bonds. The maximum absolute atomic E-state index is 13.0. The van der Waals surface area contributed by atoms with Gasteiger partial charge in [-0.2, -0.15) is 0 Å². The highest BCUT2D eigenvalue weighted by molar-refractivity contribution is 5.95. The number of hydrogen-bond donors (Lipinski definition) is 0. The number of fused-ring (bicyclic) bond motifs is 4. The third kappa shape index (κ3) is 1.96. The van der Waals surface area contributed by atoms with Gasteiger partial charge in [-0.05, 0) is 54.8 Å². The molecule has 2 heterocycles. The first-order chi connectivity index (χ1) is 11.7. The van der Waals surface area contributed by atoms with E-state index in [9.17, 15) is 4.79 Å². The fourth-order valence-electron chi connectivity index (χ4n) is 3.76. The van der Waals surface area contributed by atoms with E-state index >= 15 is 0 Å². The van der Waals surface area contributed by atoms with E-state index in [1.54, 1.807) is 14.2 Å². The van der Waals surface area contributed by atoms with Crippen LogP contribution in [0.5, 0.6) is 11.5 Å². The lowest BCUT2D eigenvalue weighted by Gasteiger charge is -2.25. The van der Waals surface area contributed by atoms with Crippen LogP contribution < -0.4 is 15.0 Å². The zero-order valence-electron chi connectivity index (χ0n) is 14.1. The summed E-state index contributed by atoms with van der Waals surface area (Å²) in [6, 6.07) is 11.7. The average molecular weight is 321 g/mol. The second kappa shape index (κ2) is 5.41. The molecule has 0 N–H and O–H groups in total. The molecule has 4 heteroatoms. The van der Waals surface area contributed by atoms with Gasteiger partial charge in [0.1, 0.15) is 11.5 Å². The van der Waals surface area contributed by atoms with Crippen molar-refractivity contribution < 1.29 is 9.47 Å². The minimum absolute atomic E-state index is 0.0472. The molecule has 0 atom stereocenters. The van der Waals surface area contributed by atoms with Gasteiger partial charge in [0.15, 0.2) is 0 Å². The van der Waals surface area contributed by atoms with Crippen molar-refractivity contribution in [3.63, 3.8) is 0 Å². The zero-order valence-corrected chi connectivity index (χ0v) is 14.1. The second-order valence-corrected chi connectivity index (χ2v) is 6.09. The van der Waals surface area contributed by atoms with E-state index in [0.29, 0.717) is 11.9 Å². The second-order valence-electron chi connectivity index (χ2n) is 6.09. The molecular weight excluding hydrogens is 302 g/mol. The van der Waals surface area contributed by atoms with Gasteiger partial charge in [0.25, 0.3) is 5.56 Å². The summed E-state index contributed by atoms with van der Waals surface area (Å²) >= 11 is 0. The molecule has 24 heavy (non-hydrogen) atoms. The van der Waals surface area contributed by atoms with E-state index in [0.717, 1.165) is 40.1 Å². The predicted molar refractivity (Wildman–Crippen MR) is 95.2 cm³/mol. The van der Waals surface area contributed by atoms with E-state index in [2.05, 4.69) is 13.0 Å². The first-order valence-electron chi connectivity index (χ1n) is 8.03. The number of benzene rings is 2.